The van der Waals surface area contributed by atoms with Gasteiger partial charge in [-0.25, -0.2) is 9.78 Å². The van der Waals surface area contributed by atoms with Crippen molar-refractivity contribution in [3.63, 3.8) is 0 Å². The normalized spacial score (nSPS) is 12.9. The van der Waals surface area contributed by atoms with Crippen molar-refractivity contribution in [3.8, 4) is 5.88 Å². The molecule has 13 heteroatoms. The SMILES string of the molecule is C1CCCCC1.CO/C=C(/C(=O)OC)c1ccccc1COc1cccc(C(F)(F)F)n1.N=C(N)NC(=N)N. The van der Waals surface area contributed by atoms with E-state index in [1.165, 1.54) is 71.1 Å². The van der Waals surface area contributed by atoms with E-state index >= 15 is 0 Å². The molecule has 3 rings (SSSR count). The molecule has 0 aliphatic heterocycles. The van der Waals surface area contributed by atoms with Gasteiger partial charge in [0.15, 0.2) is 11.9 Å². The molecule has 0 radical (unpaired) electrons. The Morgan fingerprint density at radius 1 is 0.974 bits per heavy atom. The van der Waals surface area contributed by atoms with Crippen molar-refractivity contribution in [2.45, 2.75) is 51.3 Å². The molecule has 2 aromatic rings. The first-order valence-corrected chi connectivity index (χ1v) is 12.0. The van der Waals surface area contributed by atoms with E-state index < -0.39 is 17.8 Å². The Morgan fingerprint density at radius 3 is 2.00 bits per heavy atom. The molecular formula is C26H35F3N6O4. The Balaban J connectivity index is 0.000000477. The second kappa shape index (κ2) is 17.3. The molecule has 1 saturated carbocycles. The summed E-state index contributed by atoms with van der Waals surface area (Å²) in [6.45, 7) is -0.0947. The lowest BCUT2D eigenvalue weighted by Gasteiger charge is -2.13. The third kappa shape index (κ3) is 13.2. The molecule has 0 unspecified atom stereocenters. The third-order valence-electron chi connectivity index (χ3n) is 5.11. The Morgan fingerprint density at radius 2 is 1.54 bits per heavy atom. The van der Waals surface area contributed by atoms with E-state index in [1.54, 1.807) is 24.3 Å². The van der Waals surface area contributed by atoms with E-state index in [2.05, 4.69) is 4.98 Å². The number of ether oxygens (including phenoxy) is 3. The van der Waals surface area contributed by atoms with Gasteiger partial charge >= 0.3 is 12.1 Å². The fourth-order valence-electron chi connectivity index (χ4n) is 3.37. The van der Waals surface area contributed by atoms with Gasteiger partial charge in [-0.3, -0.25) is 16.1 Å². The first-order valence-electron chi connectivity index (χ1n) is 12.0. The van der Waals surface area contributed by atoms with E-state index in [9.17, 15) is 18.0 Å². The number of esters is 1. The molecule has 7 N–H and O–H groups in total. The molecule has 1 aromatic carbocycles. The molecule has 0 spiro atoms. The van der Waals surface area contributed by atoms with Crippen molar-refractivity contribution >= 4 is 23.5 Å². The highest BCUT2D eigenvalue weighted by atomic mass is 19.4. The number of carbonyl (C=O) groups excluding carboxylic acids is 1. The molecule has 0 atom stereocenters. The summed E-state index contributed by atoms with van der Waals surface area (Å²) >= 11 is 0. The fraction of sp³-hybridized carbons (Fsp3) is 0.385. The fourth-order valence-corrected chi connectivity index (χ4v) is 3.37. The molecule has 1 aliphatic carbocycles. The number of pyridine rings is 1. The van der Waals surface area contributed by atoms with Crippen LogP contribution in [0.3, 0.4) is 0 Å². The predicted octanol–water partition coefficient (Wildman–Crippen LogP) is 4.54. The molecule has 1 heterocycles. The van der Waals surface area contributed by atoms with Gasteiger partial charge in [0, 0.05) is 6.07 Å². The lowest BCUT2D eigenvalue weighted by Crippen LogP contribution is -2.39. The maximum atomic E-state index is 12.7. The molecule has 1 fully saturated rings. The molecule has 0 bridgehead atoms. The minimum atomic E-state index is -4.56. The number of alkyl halides is 3. The van der Waals surface area contributed by atoms with Gasteiger partial charge in [-0.2, -0.15) is 13.2 Å². The number of hydrogen-bond acceptors (Lipinski definition) is 7. The highest BCUT2D eigenvalue weighted by Crippen LogP contribution is 2.29. The van der Waals surface area contributed by atoms with Gasteiger partial charge in [0.05, 0.1) is 20.5 Å². The zero-order chi connectivity index (χ0) is 29.3. The van der Waals surface area contributed by atoms with E-state index in [0.29, 0.717) is 11.1 Å². The average Bonchev–Trinajstić information content (AvgIpc) is 2.91. The first kappa shape index (κ1) is 32.7. The van der Waals surface area contributed by atoms with E-state index in [4.69, 9.17) is 36.5 Å². The number of nitrogens with zero attached hydrogens (tertiary/aromatic N) is 1. The van der Waals surface area contributed by atoms with Crippen LogP contribution in [-0.2, 0) is 27.1 Å². The largest absolute Gasteiger partial charge is 0.503 e. The molecule has 214 valence electrons. The molecule has 10 nitrogen and oxygen atoms in total. The summed E-state index contributed by atoms with van der Waals surface area (Å²) in [6, 6.07) is 10.1. The number of rotatable bonds is 6. The second-order valence-corrected chi connectivity index (χ2v) is 8.14. The van der Waals surface area contributed by atoms with Crippen molar-refractivity contribution in [2.75, 3.05) is 14.2 Å². The lowest BCUT2D eigenvalue weighted by molar-refractivity contribution is -0.141. The molecule has 1 aromatic heterocycles. The zero-order valence-electron chi connectivity index (χ0n) is 21.9. The van der Waals surface area contributed by atoms with Crippen molar-refractivity contribution < 1.29 is 32.2 Å². The Labute approximate surface area is 225 Å². The van der Waals surface area contributed by atoms with E-state index in [-0.39, 0.29) is 30.0 Å². The summed E-state index contributed by atoms with van der Waals surface area (Å²) in [6.07, 6.45) is 5.67. The minimum absolute atomic E-state index is 0.0947. The van der Waals surface area contributed by atoms with Crippen LogP contribution < -0.4 is 21.5 Å². The maximum absolute atomic E-state index is 12.7. The molecule has 0 saturated heterocycles. The second-order valence-electron chi connectivity index (χ2n) is 8.14. The molecule has 39 heavy (non-hydrogen) atoms. The Kier molecular flexibility index (Phi) is 14.5. The summed E-state index contributed by atoms with van der Waals surface area (Å²) in [4.78, 5) is 15.4. The number of benzene rings is 1. The van der Waals surface area contributed by atoms with E-state index in [1.807, 2.05) is 5.32 Å². The van der Waals surface area contributed by atoms with Crippen LogP contribution in [0.4, 0.5) is 13.2 Å². The first-order chi connectivity index (χ1) is 18.5. The predicted molar refractivity (Wildman–Crippen MR) is 142 cm³/mol. The molecule has 0 amide bonds. The maximum Gasteiger partial charge on any atom is 0.433 e. The van der Waals surface area contributed by atoms with Gasteiger partial charge in [-0.15, -0.1) is 0 Å². The summed E-state index contributed by atoms with van der Waals surface area (Å²) in [5.41, 5.74) is 9.64. The standard InChI is InChI=1S/C18H16F3NO4.C6H12.C2H7N5/c1-24-11-14(17(23)25-2)13-7-4-3-6-12(13)10-26-16-9-5-8-15(22-16)18(19,20)21;1-2-4-6-5-3-1;3-1(4)7-2(5)6/h3-9,11H,10H2,1-2H3;1-6H2;(H7,3,4,5,6,7)/b14-11+;;. The molecule has 1 aliphatic rings. The van der Waals surface area contributed by atoms with Crippen molar-refractivity contribution in [3.05, 3.63) is 65.5 Å². The monoisotopic (exact) mass is 552 g/mol. The smallest absolute Gasteiger partial charge is 0.433 e. The summed E-state index contributed by atoms with van der Waals surface area (Å²) in [5, 5.41) is 15.0. The van der Waals surface area contributed by atoms with Crippen LogP contribution >= 0.6 is 0 Å². The Hall–Kier alpha value is -4.29. The topological polar surface area (TPSA) is 169 Å². The van der Waals surface area contributed by atoms with Crippen LogP contribution in [0.15, 0.2) is 48.7 Å². The van der Waals surface area contributed by atoms with E-state index in [0.717, 1.165) is 6.07 Å². The third-order valence-corrected chi connectivity index (χ3v) is 5.11. The minimum Gasteiger partial charge on any atom is -0.503 e. The van der Waals surface area contributed by atoms with Gasteiger partial charge in [-0.05, 0) is 17.2 Å². The van der Waals surface area contributed by atoms with Crippen LogP contribution in [0, 0.1) is 10.8 Å². The number of guanidine groups is 2. The number of hydrogen-bond donors (Lipinski definition) is 5. The van der Waals surface area contributed by atoms with Gasteiger partial charge in [0.1, 0.15) is 17.9 Å². The average molecular weight is 553 g/mol. The van der Waals surface area contributed by atoms with Gasteiger partial charge in [0.2, 0.25) is 5.88 Å². The van der Waals surface area contributed by atoms with Crippen LogP contribution in [0.5, 0.6) is 5.88 Å². The highest BCUT2D eigenvalue weighted by molar-refractivity contribution is 6.16. The van der Waals surface area contributed by atoms with Crippen molar-refractivity contribution in [2.24, 2.45) is 11.5 Å². The van der Waals surface area contributed by atoms with Gasteiger partial charge < -0.3 is 25.7 Å². The number of nitrogens with one attached hydrogen (secondary N) is 3. The van der Waals surface area contributed by atoms with Crippen LogP contribution in [0.2, 0.25) is 0 Å². The van der Waals surface area contributed by atoms with Crippen molar-refractivity contribution in [1.82, 2.24) is 10.3 Å². The van der Waals surface area contributed by atoms with Crippen LogP contribution in [0.25, 0.3) is 5.57 Å². The molecular weight excluding hydrogens is 517 g/mol. The quantitative estimate of drug-likeness (QED) is 0.114. The number of nitrogens with two attached hydrogens (primary N) is 2. The van der Waals surface area contributed by atoms with Crippen LogP contribution in [-0.4, -0.2) is 37.1 Å². The van der Waals surface area contributed by atoms with Crippen molar-refractivity contribution in [1.29, 1.82) is 10.8 Å². The van der Waals surface area contributed by atoms with Gasteiger partial charge in [0.25, 0.3) is 0 Å². The highest BCUT2D eigenvalue weighted by Gasteiger charge is 2.32. The summed E-state index contributed by atoms with van der Waals surface area (Å²) in [5.74, 6) is -1.42. The number of halogens is 3. The number of aromatic nitrogens is 1. The number of methoxy groups -OCH3 is 2. The lowest BCUT2D eigenvalue weighted by atomic mass is 10.0. The summed E-state index contributed by atoms with van der Waals surface area (Å²) < 4.78 is 53.2. The number of carbonyl (C=O) groups is 1. The Bertz CT molecular complexity index is 1080. The zero-order valence-corrected chi connectivity index (χ0v) is 21.9. The van der Waals surface area contributed by atoms with Gasteiger partial charge in [-0.1, -0.05) is 68.9 Å². The summed E-state index contributed by atoms with van der Waals surface area (Å²) in [7, 11) is 2.62. The van der Waals surface area contributed by atoms with Crippen LogP contribution in [0.1, 0.15) is 55.3 Å².